The molecule has 0 spiro atoms. The van der Waals surface area contributed by atoms with Crippen LogP contribution in [0.3, 0.4) is 0 Å². The van der Waals surface area contributed by atoms with Gasteiger partial charge >= 0.3 is 0 Å². The van der Waals surface area contributed by atoms with Crippen molar-refractivity contribution in [1.29, 1.82) is 0 Å². The van der Waals surface area contributed by atoms with Crippen molar-refractivity contribution >= 4 is 21.6 Å². The van der Waals surface area contributed by atoms with Crippen molar-refractivity contribution < 1.29 is 17.8 Å². The standard InChI is InChI=1S/C20H25N3O3S/c1-16-9-10-18(21-20(24)15-22-11-7-4-8-17(22)2)14-19(16)27(25,26)23-12-5-3-6-13-23/h4,7-11,14H,3,5-6,12-13,15H2,1-2H3/p+1. The Morgan fingerprint density at radius 2 is 1.85 bits per heavy atom. The summed E-state index contributed by atoms with van der Waals surface area (Å²) < 4.78 is 29.4. The van der Waals surface area contributed by atoms with E-state index in [0.717, 1.165) is 25.0 Å². The molecule has 0 bridgehead atoms. The van der Waals surface area contributed by atoms with Crippen molar-refractivity contribution in [2.75, 3.05) is 18.4 Å². The number of amides is 1. The van der Waals surface area contributed by atoms with E-state index >= 15 is 0 Å². The molecule has 1 aromatic carbocycles. The van der Waals surface area contributed by atoms with E-state index < -0.39 is 10.0 Å². The number of nitrogens with one attached hydrogen (secondary N) is 1. The highest BCUT2D eigenvalue weighted by atomic mass is 32.2. The lowest BCUT2D eigenvalue weighted by molar-refractivity contribution is -0.690. The average molecular weight is 389 g/mol. The first-order chi connectivity index (χ1) is 12.9. The lowest BCUT2D eigenvalue weighted by Crippen LogP contribution is -2.42. The van der Waals surface area contributed by atoms with Crippen LogP contribution in [-0.2, 0) is 21.4 Å². The molecule has 1 aromatic heterocycles. The number of piperidine rings is 1. The second-order valence-corrected chi connectivity index (χ2v) is 8.87. The second kappa shape index (κ2) is 8.19. The minimum atomic E-state index is -3.54. The summed E-state index contributed by atoms with van der Waals surface area (Å²) >= 11 is 0. The minimum absolute atomic E-state index is 0.175. The summed E-state index contributed by atoms with van der Waals surface area (Å²) in [7, 11) is -3.54. The lowest BCUT2D eigenvalue weighted by atomic mass is 10.2. The molecule has 2 heterocycles. The van der Waals surface area contributed by atoms with Crippen LogP contribution in [0.4, 0.5) is 5.69 Å². The molecule has 3 rings (SSSR count). The van der Waals surface area contributed by atoms with Crippen molar-refractivity contribution in [3.8, 4) is 0 Å². The molecule has 1 saturated heterocycles. The third kappa shape index (κ3) is 4.54. The van der Waals surface area contributed by atoms with E-state index in [1.807, 2.05) is 35.9 Å². The van der Waals surface area contributed by atoms with Gasteiger partial charge in [-0.05, 0) is 37.5 Å². The van der Waals surface area contributed by atoms with Gasteiger partial charge in [0.15, 0.2) is 11.9 Å². The summed E-state index contributed by atoms with van der Waals surface area (Å²) in [6.45, 7) is 5.01. The molecule has 0 unspecified atom stereocenters. The molecule has 2 aromatic rings. The number of sulfonamides is 1. The molecule has 0 aliphatic carbocycles. The Bertz CT molecular complexity index is 935. The van der Waals surface area contributed by atoms with Crippen molar-refractivity contribution in [1.82, 2.24) is 4.31 Å². The Hall–Kier alpha value is -2.25. The predicted molar refractivity (Wildman–Crippen MR) is 104 cm³/mol. The molecule has 1 N–H and O–H groups in total. The Morgan fingerprint density at radius 3 is 2.56 bits per heavy atom. The van der Waals surface area contributed by atoms with Gasteiger partial charge in [0.1, 0.15) is 0 Å². The van der Waals surface area contributed by atoms with Crippen LogP contribution in [0.1, 0.15) is 30.5 Å². The molecule has 1 aliphatic heterocycles. The molecule has 0 radical (unpaired) electrons. The Labute approximate surface area is 160 Å². The van der Waals surface area contributed by atoms with Crippen molar-refractivity contribution in [2.24, 2.45) is 0 Å². The number of hydrogen-bond acceptors (Lipinski definition) is 3. The number of aryl methyl sites for hydroxylation is 2. The van der Waals surface area contributed by atoms with Gasteiger partial charge in [-0.25, -0.2) is 8.42 Å². The number of carbonyl (C=O) groups excluding carboxylic acids is 1. The highest BCUT2D eigenvalue weighted by Crippen LogP contribution is 2.26. The fourth-order valence-corrected chi connectivity index (χ4v) is 5.06. The molecule has 6 nitrogen and oxygen atoms in total. The van der Waals surface area contributed by atoms with Gasteiger partial charge in [0.2, 0.25) is 16.6 Å². The Kier molecular flexibility index (Phi) is 5.92. The highest BCUT2D eigenvalue weighted by Gasteiger charge is 2.27. The van der Waals surface area contributed by atoms with Gasteiger partial charge in [-0.3, -0.25) is 4.79 Å². The SMILES string of the molecule is Cc1ccc(NC(=O)C[n+]2ccccc2C)cc1S(=O)(=O)N1CCCCC1. The number of pyridine rings is 1. The maximum absolute atomic E-state index is 13.0. The third-order valence-corrected chi connectivity index (χ3v) is 6.93. The first-order valence-electron chi connectivity index (χ1n) is 9.23. The van der Waals surface area contributed by atoms with Crippen LogP contribution in [0.15, 0.2) is 47.5 Å². The molecular formula is C20H26N3O3S+. The molecular weight excluding hydrogens is 362 g/mol. The van der Waals surface area contributed by atoms with E-state index in [2.05, 4.69) is 5.32 Å². The zero-order valence-corrected chi connectivity index (χ0v) is 16.6. The van der Waals surface area contributed by atoms with E-state index in [0.29, 0.717) is 24.3 Å². The largest absolute Gasteiger partial charge is 0.321 e. The summed E-state index contributed by atoms with van der Waals surface area (Å²) in [5.74, 6) is -0.195. The number of rotatable bonds is 5. The fraction of sp³-hybridized carbons (Fsp3) is 0.400. The fourth-order valence-electron chi connectivity index (χ4n) is 3.29. The Morgan fingerprint density at radius 1 is 1.11 bits per heavy atom. The molecule has 0 saturated carbocycles. The first-order valence-corrected chi connectivity index (χ1v) is 10.7. The highest BCUT2D eigenvalue weighted by molar-refractivity contribution is 7.89. The van der Waals surface area contributed by atoms with Gasteiger partial charge < -0.3 is 5.32 Å². The minimum Gasteiger partial charge on any atom is -0.321 e. The van der Waals surface area contributed by atoms with E-state index in [1.165, 1.54) is 0 Å². The number of hydrogen-bond donors (Lipinski definition) is 1. The summed E-state index contributed by atoms with van der Waals surface area (Å²) in [6.07, 6.45) is 4.69. The van der Waals surface area contributed by atoms with Crippen LogP contribution >= 0.6 is 0 Å². The van der Waals surface area contributed by atoms with Gasteiger partial charge in [0.05, 0.1) is 4.90 Å². The predicted octanol–water partition coefficient (Wildman–Crippen LogP) is 2.40. The van der Waals surface area contributed by atoms with E-state index in [-0.39, 0.29) is 17.3 Å². The molecule has 1 fully saturated rings. The molecule has 144 valence electrons. The topological polar surface area (TPSA) is 70.4 Å². The third-order valence-electron chi connectivity index (χ3n) is 4.89. The normalized spacial score (nSPS) is 15.5. The number of nitrogens with zero attached hydrogens (tertiary/aromatic N) is 2. The van der Waals surface area contributed by atoms with Crippen LogP contribution in [0.5, 0.6) is 0 Å². The molecule has 7 heteroatoms. The molecule has 0 atom stereocenters. The summed E-state index contributed by atoms with van der Waals surface area (Å²) in [5, 5.41) is 2.82. The smallest absolute Gasteiger partial charge is 0.290 e. The number of anilines is 1. The van der Waals surface area contributed by atoms with Crippen LogP contribution < -0.4 is 9.88 Å². The van der Waals surface area contributed by atoms with Gasteiger partial charge in [0, 0.05) is 37.8 Å². The van der Waals surface area contributed by atoms with E-state index in [1.54, 1.807) is 29.4 Å². The van der Waals surface area contributed by atoms with E-state index in [4.69, 9.17) is 0 Å². The Balaban J connectivity index is 1.79. The summed E-state index contributed by atoms with van der Waals surface area (Å²) in [5.41, 5.74) is 2.16. The van der Waals surface area contributed by atoms with Gasteiger partial charge in [-0.15, -0.1) is 0 Å². The first kappa shape index (κ1) is 19.5. The van der Waals surface area contributed by atoms with E-state index in [9.17, 15) is 13.2 Å². The monoisotopic (exact) mass is 388 g/mol. The number of benzene rings is 1. The lowest BCUT2D eigenvalue weighted by Gasteiger charge is -2.26. The van der Waals surface area contributed by atoms with Crippen molar-refractivity contribution in [2.45, 2.75) is 44.6 Å². The van der Waals surface area contributed by atoms with Crippen LogP contribution in [0, 0.1) is 13.8 Å². The maximum Gasteiger partial charge on any atom is 0.290 e. The second-order valence-electron chi connectivity index (χ2n) is 6.96. The zero-order valence-electron chi connectivity index (χ0n) is 15.8. The van der Waals surface area contributed by atoms with Crippen LogP contribution in [0.25, 0.3) is 0 Å². The van der Waals surface area contributed by atoms with Crippen LogP contribution in [-0.4, -0.2) is 31.7 Å². The van der Waals surface area contributed by atoms with Gasteiger partial charge in [-0.2, -0.15) is 8.87 Å². The quantitative estimate of drug-likeness (QED) is 0.800. The zero-order chi connectivity index (χ0) is 19.4. The number of carbonyl (C=O) groups is 1. The summed E-state index contributed by atoms with van der Waals surface area (Å²) in [4.78, 5) is 12.7. The van der Waals surface area contributed by atoms with Crippen molar-refractivity contribution in [3.63, 3.8) is 0 Å². The summed E-state index contributed by atoms with van der Waals surface area (Å²) in [6, 6.07) is 10.8. The van der Waals surface area contributed by atoms with Gasteiger partial charge in [-0.1, -0.05) is 18.6 Å². The van der Waals surface area contributed by atoms with Gasteiger partial charge in [0.25, 0.3) is 5.91 Å². The number of aromatic nitrogens is 1. The molecule has 27 heavy (non-hydrogen) atoms. The molecule has 1 aliphatic rings. The van der Waals surface area contributed by atoms with Crippen LogP contribution in [0.2, 0.25) is 0 Å². The average Bonchev–Trinajstić information content (AvgIpc) is 2.66. The maximum atomic E-state index is 13.0. The van der Waals surface area contributed by atoms with Crippen molar-refractivity contribution in [3.05, 3.63) is 53.9 Å². The molecule has 1 amide bonds.